The predicted octanol–water partition coefficient (Wildman–Crippen LogP) is 5.10. The molecule has 1 N–H and O–H groups in total. The SMILES string of the molecule is CC1(C)C[C@@H](NCC[C@@]2(c3ccc(Cl)cc3)CCOC(C)(C)C2)CCO1. The van der Waals surface area contributed by atoms with Crippen LogP contribution in [-0.4, -0.2) is 37.0 Å². The highest BCUT2D eigenvalue weighted by Gasteiger charge is 2.42. The lowest BCUT2D eigenvalue weighted by molar-refractivity contribution is -0.0848. The third kappa shape index (κ3) is 5.01. The molecule has 3 rings (SSSR count). The lowest BCUT2D eigenvalue weighted by Crippen LogP contribution is -2.47. The minimum Gasteiger partial charge on any atom is -0.376 e. The predicted molar refractivity (Wildman–Crippen MR) is 108 cm³/mol. The summed E-state index contributed by atoms with van der Waals surface area (Å²) >= 11 is 6.14. The zero-order chi connectivity index (χ0) is 18.8. The first kappa shape index (κ1) is 20.1. The van der Waals surface area contributed by atoms with E-state index in [0.29, 0.717) is 6.04 Å². The average molecular weight is 380 g/mol. The molecule has 4 heteroatoms. The van der Waals surface area contributed by atoms with Gasteiger partial charge in [-0.15, -0.1) is 0 Å². The van der Waals surface area contributed by atoms with E-state index < -0.39 is 0 Å². The van der Waals surface area contributed by atoms with E-state index in [1.807, 2.05) is 12.1 Å². The largest absolute Gasteiger partial charge is 0.376 e. The van der Waals surface area contributed by atoms with Gasteiger partial charge in [-0.25, -0.2) is 0 Å². The van der Waals surface area contributed by atoms with Crippen LogP contribution in [0.1, 0.15) is 65.4 Å². The fourth-order valence-corrected chi connectivity index (χ4v) is 4.93. The minimum absolute atomic E-state index is 0.00947. The van der Waals surface area contributed by atoms with E-state index in [1.165, 1.54) is 5.56 Å². The standard InChI is InChI=1S/C22H34ClNO2/c1-20(2)15-19(9-13-25-20)24-12-10-22(11-14-26-21(3,4)16-22)17-5-7-18(23)8-6-17/h5-8,19,24H,9-16H2,1-4H3/t19-,22+/m0/s1. The Hall–Kier alpha value is -0.610. The molecule has 3 nitrogen and oxygen atoms in total. The van der Waals surface area contributed by atoms with E-state index in [4.69, 9.17) is 21.1 Å². The molecule has 2 aliphatic rings. The zero-order valence-electron chi connectivity index (χ0n) is 16.7. The maximum Gasteiger partial charge on any atom is 0.0641 e. The van der Waals surface area contributed by atoms with Gasteiger partial charge in [-0.1, -0.05) is 23.7 Å². The first-order chi connectivity index (χ1) is 12.2. The highest BCUT2D eigenvalue weighted by atomic mass is 35.5. The van der Waals surface area contributed by atoms with Crippen LogP contribution in [0.25, 0.3) is 0 Å². The minimum atomic E-state index is -0.0848. The molecule has 0 saturated carbocycles. The maximum atomic E-state index is 6.14. The number of halogens is 1. The first-order valence-corrected chi connectivity index (χ1v) is 10.4. The summed E-state index contributed by atoms with van der Waals surface area (Å²) in [6.07, 6.45) is 5.42. The molecule has 0 radical (unpaired) electrons. The highest BCUT2D eigenvalue weighted by Crippen LogP contribution is 2.44. The van der Waals surface area contributed by atoms with Crippen molar-refractivity contribution in [3.63, 3.8) is 0 Å². The Balaban J connectivity index is 1.69. The van der Waals surface area contributed by atoms with Gasteiger partial charge < -0.3 is 14.8 Å². The summed E-state index contributed by atoms with van der Waals surface area (Å²) in [6.45, 7) is 11.5. The van der Waals surface area contributed by atoms with Crippen LogP contribution >= 0.6 is 11.6 Å². The van der Waals surface area contributed by atoms with E-state index in [2.05, 4.69) is 45.1 Å². The molecule has 0 spiro atoms. The van der Waals surface area contributed by atoms with Crippen molar-refractivity contribution in [2.45, 2.75) is 82.5 Å². The molecule has 1 aromatic rings. The molecular formula is C22H34ClNO2. The van der Waals surface area contributed by atoms with Crippen molar-refractivity contribution in [2.75, 3.05) is 19.8 Å². The van der Waals surface area contributed by atoms with E-state index in [1.54, 1.807) is 0 Å². The van der Waals surface area contributed by atoms with Crippen LogP contribution in [0.15, 0.2) is 24.3 Å². The van der Waals surface area contributed by atoms with Crippen molar-refractivity contribution < 1.29 is 9.47 Å². The van der Waals surface area contributed by atoms with Crippen molar-refractivity contribution in [3.8, 4) is 0 Å². The smallest absolute Gasteiger partial charge is 0.0641 e. The Labute approximate surface area is 163 Å². The van der Waals surface area contributed by atoms with Crippen LogP contribution in [0, 0.1) is 0 Å². The maximum absolute atomic E-state index is 6.14. The second-order valence-electron chi connectivity index (χ2n) is 9.32. The van der Waals surface area contributed by atoms with E-state index in [-0.39, 0.29) is 16.6 Å². The van der Waals surface area contributed by atoms with Crippen molar-refractivity contribution in [2.24, 2.45) is 0 Å². The highest BCUT2D eigenvalue weighted by molar-refractivity contribution is 6.30. The third-order valence-corrected chi connectivity index (χ3v) is 6.28. The van der Waals surface area contributed by atoms with Gasteiger partial charge in [0.1, 0.15) is 0 Å². The summed E-state index contributed by atoms with van der Waals surface area (Å²) in [5.41, 5.74) is 1.45. The molecule has 2 heterocycles. The molecule has 2 fully saturated rings. The Morgan fingerprint density at radius 3 is 2.38 bits per heavy atom. The number of rotatable bonds is 5. The van der Waals surface area contributed by atoms with E-state index in [9.17, 15) is 0 Å². The fourth-order valence-electron chi connectivity index (χ4n) is 4.81. The molecule has 2 aliphatic heterocycles. The molecule has 26 heavy (non-hydrogen) atoms. The van der Waals surface area contributed by atoms with Crippen LogP contribution in [0.5, 0.6) is 0 Å². The van der Waals surface area contributed by atoms with Crippen molar-refractivity contribution >= 4 is 11.6 Å². The Kier molecular flexibility index (Phi) is 6.03. The Bertz CT molecular complexity index is 599. The van der Waals surface area contributed by atoms with Gasteiger partial charge in [0.25, 0.3) is 0 Å². The quantitative estimate of drug-likeness (QED) is 0.771. The summed E-state index contributed by atoms with van der Waals surface area (Å²) < 4.78 is 11.9. The Morgan fingerprint density at radius 1 is 1.04 bits per heavy atom. The number of benzene rings is 1. The van der Waals surface area contributed by atoms with E-state index in [0.717, 1.165) is 56.9 Å². The number of hydrogen-bond acceptors (Lipinski definition) is 3. The zero-order valence-corrected chi connectivity index (χ0v) is 17.5. The number of nitrogens with one attached hydrogen (secondary N) is 1. The van der Waals surface area contributed by atoms with Gasteiger partial charge in [-0.05, 0) is 84.0 Å². The van der Waals surface area contributed by atoms with Gasteiger partial charge in [0.05, 0.1) is 11.2 Å². The molecule has 2 atom stereocenters. The van der Waals surface area contributed by atoms with Gasteiger partial charge in [0.15, 0.2) is 0 Å². The van der Waals surface area contributed by atoms with Gasteiger partial charge in [-0.2, -0.15) is 0 Å². The van der Waals surface area contributed by atoms with Gasteiger partial charge in [0, 0.05) is 29.7 Å². The first-order valence-electron chi connectivity index (χ1n) is 9.97. The molecule has 2 saturated heterocycles. The molecule has 0 unspecified atom stereocenters. The number of ether oxygens (including phenoxy) is 2. The summed E-state index contributed by atoms with van der Waals surface area (Å²) in [5, 5.41) is 4.61. The fraction of sp³-hybridized carbons (Fsp3) is 0.727. The monoisotopic (exact) mass is 379 g/mol. The molecular weight excluding hydrogens is 346 g/mol. The summed E-state index contributed by atoms with van der Waals surface area (Å²) in [6, 6.07) is 9.02. The molecule has 0 aliphatic carbocycles. The third-order valence-electron chi connectivity index (χ3n) is 6.03. The summed E-state index contributed by atoms with van der Waals surface area (Å²) in [7, 11) is 0. The van der Waals surface area contributed by atoms with Crippen molar-refractivity contribution in [3.05, 3.63) is 34.9 Å². The lowest BCUT2D eigenvalue weighted by atomic mass is 9.67. The van der Waals surface area contributed by atoms with Crippen molar-refractivity contribution in [1.29, 1.82) is 0 Å². The normalized spacial score (nSPS) is 30.9. The van der Waals surface area contributed by atoms with Crippen LogP contribution in [0.2, 0.25) is 5.02 Å². The van der Waals surface area contributed by atoms with Gasteiger partial charge in [-0.3, -0.25) is 0 Å². The van der Waals surface area contributed by atoms with Crippen molar-refractivity contribution in [1.82, 2.24) is 5.32 Å². The molecule has 0 bridgehead atoms. The Morgan fingerprint density at radius 2 is 1.73 bits per heavy atom. The lowest BCUT2D eigenvalue weighted by Gasteiger charge is -2.46. The number of hydrogen-bond donors (Lipinski definition) is 1. The van der Waals surface area contributed by atoms with Gasteiger partial charge >= 0.3 is 0 Å². The molecule has 0 aromatic heterocycles. The second kappa shape index (κ2) is 7.79. The van der Waals surface area contributed by atoms with Crippen LogP contribution in [0.4, 0.5) is 0 Å². The molecule has 146 valence electrons. The summed E-state index contributed by atoms with van der Waals surface area (Å²) in [4.78, 5) is 0. The topological polar surface area (TPSA) is 30.5 Å². The van der Waals surface area contributed by atoms with Gasteiger partial charge in [0.2, 0.25) is 0 Å². The molecule has 0 amide bonds. The second-order valence-corrected chi connectivity index (χ2v) is 9.76. The average Bonchev–Trinajstić information content (AvgIpc) is 2.53. The van der Waals surface area contributed by atoms with E-state index >= 15 is 0 Å². The van der Waals surface area contributed by atoms with Crippen LogP contribution in [-0.2, 0) is 14.9 Å². The summed E-state index contributed by atoms with van der Waals surface area (Å²) in [5.74, 6) is 0. The van der Waals surface area contributed by atoms with Crippen LogP contribution < -0.4 is 5.32 Å². The van der Waals surface area contributed by atoms with Crippen LogP contribution in [0.3, 0.4) is 0 Å². The molecule has 1 aromatic carbocycles.